The zero-order chi connectivity index (χ0) is 10.6. The van der Waals surface area contributed by atoms with Gasteiger partial charge in [-0.1, -0.05) is 6.92 Å². The number of hydrogen-bond acceptors (Lipinski definition) is 3. The molecule has 0 aromatic carbocycles. The van der Waals surface area contributed by atoms with Gasteiger partial charge >= 0.3 is 0 Å². The zero-order valence-corrected chi connectivity index (χ0v) is 8.76. The van der Waals surface area contributed by atoms with Gasteiger partial charge in [-0.15, -0.1) is 0 Å². The number of anilines is 1. The van der Waals surface area contributed by atoms with Crippen molar-refractivity contribution in [3.63, 3.8) is 0 Å². The molecule has 78 valence electrons. The van der Waals surface area contributed by atoms with E-state index in [1.165, 1.54) is 6.07 Å². The second kappa shape index (κ2) is 4.91. The van der Waals surface area contributed by atoms with Crippen LogP contribution in [0.4, 0.5) is 10.2 Å². The summed E-state index contributed by atoms with van der Waals surface area (Å²) in [5.74, 6) is 0.112. The average Bonchev–Trinajstić information content (AvgIpc) is 2.17. The molecule has 0 saturated carbocycles. The maximum atomic E-state index is 13.0. The lowest BCUT2D eigenvalue weighted by atomic mass is 10.1. The molecular weight excluding hydrogens is 181 g/mol. The summed E-state index contributed by atoms with van der Waals surface area (Å²) in [5, 5.41) is 6.04. The molecule has 0 amide bonds. The Hall–Kier alpha value is -1.16. The minimum absolute atomic E-state index is 0.143. The summed E-state index contributed by atoms with van der Waals surface area (Å²) < 4.78 is 13.0. The molecule has 1 aromatic heterocycles. The van der Waals surface area contributed by atoms with Gasteiger partial charge in [0, 0.05) is 13.1 Å². The van der Waals surface area contributed by atoms with Gasteiger partial charge in [0.15, 0.2) is 0 Å². The fraction of sp³-hybridized carbons (Fsp3) is 0.500. The van der Waals surface area contributed by atoms with Crippen molar-refractivity contribution in [3.8, 4) is 0 Å². The molecule has 0 aliphatic heterocycles. The van der Waals surface area contributed by atoms with E-state index in [-0.39, 0.29) is 6.04 Å². The van der Waals surface area contributed by atoms with E-state index in [1.54, 1.807) is 7.05 Å². The van der Waals surface area contributed by atoms with Crippen molar-refractivity contribution in [1.82, 2.24) is 10.3 Å². The summed E-state index contributed by atoms with van der Waals surface area (Å²) in [6.07, 6.45) is 0. The molecule has 1 unspecified atom stereocenters. The molecule has 3 nitrogen and oxygen atoms in total. The lowest BCUT2D eigenvalue weighted by Gasteiger charge is -2.13. The Morgan fingerprint density at radius 3 is 2.79 bits per heavy atom. The van der Waals surface area contributed by atoms with Gasteiger partial charge in [0.2, 0.25) is 5.95 Å². The Morgan fingerprint density at radius 2 is 2.21 bits per heavy atom. The van der Waals surface area contributed by atoms with Crippen molar-refractivity contribution in [2.24, 2.45) is 0 Å². The average molecular weight is 197 g/mol. The van der Waals surface area contributed by atoms with Crippen molar-refractivity contribution in [2.45, 2.75) is 19.9 Å². The van der Waals surface area contributed by atoms with Gasteiger partial charge < -0.3 is 10.6 Å². The van der Waals surface area contributed by atoms with Crippen LogP contribution < -0.4 is 10.6 Å². The highest BCUT2D eigenvalue weighted by Crippen LogP contribution is 2.16. The van der Waals surface area contributed by atoms with Crippen LogP contribution in [0, 0.1) is 5.95 Å². The van der Waals surface area contributed by atoms with E-state index in [2.05, 4.69) is 15.6 Å². The van der Waals surface area contributed by atoms with Crippen LogP contribution in [-0.4, -0.2) is 18.6 Å². The topological polar surface area (TPSA) is 37.0 Å². The number of pyridine rings is 1. The summed E-state index contributed by atoms with van der Waals surface area (Å²) >= 11 is 0. The number of rotatable bonds is 4. The van der Waals surface area contributed by atoms with Crippen LogP contribution in [0.1, 0.15) is 25.5 Å². The number of nitrogens with one attached hydrogen (secondary N) is 2. The van der Waals surface area contributed by atoms with Crippen LogP contribution in [0.5, 0.6) is 0 Å². The molecule has 0 saturated heterocycles. The van der Waals surface area contributed by atoms with Crippen LogP contribution in [0.15, 0.2) is 12.1 Å². The molecule has 0 spiro atoms. The van der Waals surface area contributed by atoms with Crippen molar-refractivity contribution >= 4 is 5.82 Å². The van der Waals surface area contributed by atoms with E-state index in [4.69, 9.17) is 0 Å². The minimum atomic E-state index is -0.448. The first-order valence-electron chi connectivity index (χ1n) is 4.76. The molecule has 0 aliphatic rings. The summed E-state index contributed by atoms with van der Waals surface area (Å²) in [6, 6.07) is 3.44. The Bertz CT molecular complexity index is 301. The molecule has 0 bridgehead atoms. The molecule has 0 fully saturated rings. The molecule has 0 radical (unpaired) electrons. The van der Waals surface area contributed by atoms with E-state index in [9.17, 15) is 4.39 Å². The molecule has 1 rings (SSSR count). The maximum Gasteiger partial charge on any atom is 0.215 e. The summed E-state index contributed by atoms with van der Waals surface area (Å²) in [7, 11) is 1.73. The zero-order valence-electron chi connectivity index (χ0n) is 8.76. The third kappa shape index (κ3) is 2.67. The lowest BCUT2D eigenvalue weighted by molar-refractivity contribution is 0.562. The van der Waals surface area contributed by atoms with Gasteiger partial charge in [-0.25, -0.2) is 4.98 Å². The highest BCUT2D eigenvalue weighted by Gasteiger charge is 2.07. The maximum absolute atomic E-state index is 13.0. The fourth-order valence-corrected chi connectivity index (χ4v) is 1.32. The molecule has 4 heteroatoms. The molecule has 2 N–H and O–H groups in total. The van der Waals surface area contributed by atoms with E-state index in [1.807, 2.05) is 19.9 Å². The summed E-state index contributed by atoms with van der Waals surface area (Å²) in [4.78, 5) is 3.69. The molecular formula is C10H16FN3. The van der Waals surface area contributed by atoms with Crippen molar-refractivity contribution in [3.05, 3.63) is 23.6 Å². The van der Waals surface area contributed by atoms with Gasteiger partial charge in [0.1, 0.15) is 5.82 Å². The first-order chi connectivity index (χ1) is 6.67. The van der Waals surface area contributed by atoms with Crippen LogP contribution in [0.3, 0.4) is 0 Å². The van der Waals surface area contributed by atoms with E-state index in [0.717, 1.165) is 12.1 Å². The fourth-order valence-electron chi connectivity index (χ4n) is 1.32. The van der Waals surface area contributed by atoms with Crippen molar-refractivity contribution < 1.29 is 4.39 Å². The molecule has 1 heterocycles. The Labute approximate surface area is 83.7 Å². The Kier molecular flexibility index (Phi) is 3.83. The SMILES string of the molecule is CCNC(C)c1cc(F)nc(NC)c1. The predicted octanol–water partition coefficient (Wildman–Crippen LogP) is 1.93. The number of halogens is 1. The van der Waals surface area contributed by atoms with Crippen molar-refractivity contribution in [2.75, 3.05) is 18.9 Å². The minimum Gasteiger partial charge on any atom is -0.373 e. The molecule has 1 atom stereocenters. The molecule has 1 aromatic rings. The second-order valence-corrected chi connectivity index (χ2v) is 3.14. The van der Waals surface area contributed by atoms with E-state index >= 15 is 0 Å². The van der Waals surface area contributed by atoms with Crippen molar-refractivity contribution in [1.29, 1.82) is 0 Å². The smallest absolute Gasteiger partial charge is 0.215 e. The standard InChI is InChI=1S/C10H16FN3/c1-4-13-7(2)8-5-9(11)14-10(6-8)12-3/h5-7,13H,4H2,1-3H3,(H,12,14). The van der Waals surface area contributed by atoms with Crippen LogP contribution in [-0.2, 0) is 0 Å². The first-order valence-corrected chi connectivity index (χ1v) is 4.76. The summed E-state index contributed by atoms with van der Waals surface area (Å²) in [6.45, 7) is 4.88. The Balaban J connectivity index is 2.90. The van der Waals surface area contributed by atoms with Gasteiger partial charge in [0.05, 0.1) is 0 Å². The Morgan fingerprint density at radius 1 is 1.50 bits per heavy atom. The van der Waals surface area contributed by atoms with E-state index < -0.39 is 5.95 Å². The number of aromatic nitrogens is 1. The van der Waals surface area contributed by atoms with Crippen LogP contribution in [0.25, 0.3) is 0 Å². The summed E-state index contributed by atoms with van der Waals surface area (Å²) in [5.41, 5.74) is 0.906. The van der Waals surface area contributed by atoms with Crippen LogP contribution in [0.2, 0.25) is 0 Å². The third-order valence-corrected chi connectivity index (χ3v) is 2.08. The van der Waals surface area contributed by atoms with E-state index in [0.29, 0.717) is 5.82 Å². The second-order valence-electron chi connectivity index (χ2n) is 3.14. The number of nitrogens with zero attached hydrogens (tertiary/aromatic N) is 1. The van der Waals surface area contributed by atoms with Gasteiger partial charge in [-0.05, 0) is 31.2 Å². The lowest BCUT2D eigenvalue weighted by Crippen LogP contribution is -2.18. The third-order valence-electron chi connectivity index (χ3n) is 2.08. The molecule has 14 heavy (non-hydrogen) atoms. The highest BCUT2D eigenvalue weighted by atomic mass is 19.1. The monoisotopic (exact) mass is 197 g/mol. The number of hydrogen-bond donors (Lipinski definition) is 2. The van der Waals surface area contributed by atoms with Gasteiger partial charge in [-0.3, -0.25) is 0 Å². The largest absolute Gasteiger partial charge is 0.373 e. The quantitative estimate of drug-likeness (QED) is 0.724. The molecule has 0 aliphatic carbocycles. The van der Waals surface area contributed by atoms with Crippen LogP contribution >= 0.6 is 0 Å². The first kappa shape index (κ1) is 10.9. The highest BCUT2D eigenvalue weighted by molar-refractivity contribution is 5.38. The van der Waals surface area contributed by atoms with Gasteiger partial charge in [-0.2, -0.15) is 4.39 Å². The predicted molar refractivity (Wildman–Crippen MR) is 55.8 cm³/mol. The normalized spacial score (nSPS) is 12.6. The van der Waals surface area contributed by atoms with Gasteiger partial charge in [0.25, 0.3) is 0 Å².